The van der Waals surface area contributed by atoms with Gasteiger partial charge in [0.05, 0.1) is 30.0 Å². The number of alkyl halides is 4. The van der Waals surface area contributed by atoms with Gasteiger partial charge in [-0.05, 0) is 44.2 Å². The monoisotopic (exact) mass is 680 g/mol. The summed E-state index contributed by atoms with van der Waals surface area (Å²) in [4.78, 5) is 48.0. The lowest BCUT2D eigenvalue weighted by Crippen LogP contribution is -2.45. The third-order valence-corrected chi connectivity index (χ3v) is 7.16. The Morgan fingerprint density at radius 2 is 1.83 bits per heavy atom. The fraction of sp³-hybridized carbons (Fsp3) is 0.393. The van der Waals surface area contributed by atoms with Crippen LogP contribution in [0, 0.1) is 0 Å². The number of benzene rings is 1. The van der Waals surface area contributed by atoms with Crippen LogP contribution in [-0.4, -0.2) is 87.6 Å². The van der Waals surface area contributed by atoms with E-state index < -0.39 is 60.6 Å². The highest BCUT2D eigenvalue weighted by atomic mass is 35.5. The minimum atomic E-state index is -5.03. The lowest BCUT2D eigenvalue weighted by atomic mass is 10.1. The molecule has 3 aromatic heterocycles. The first-order chi connectivity index (χ1) is 22.0. The number of rotatable bonds is 11. The van der Waals surface area contributed by atoms with E-state index in [2.05, 4.69) is 30.8 Å². The van der Waals surface area contributed by atoms with Crippen molar-refractivity contribution in [3.8, 4) is 17.1 Å². The van der Waals surface area contributed by atoms with E-state index in [9.17, 15) is 37.1 Å². The number of hydrogen-bond acceptors (Lipinski definition) is 9. The Morgan fingerprint density at radius 1 is 1.15 bits per heavy atom. The predicted octanol–water partition coefficient (Wildman–Crippen LogP) is 1.62. The quantitative estimate of drug-likeness (QED) is 0.171. The van der Waals surface area contributed by atoms with Crippen LogP contribution < -0.4 is 22.1 Å². The molecule has 2 amide bonds. The first-order valence-corrected chi connectivity index (χ1v) is 14.5. The summed E-state index contributed by atoms with van der Waals surface area (Å²) < 4.78 is 55.8. The predicted molar refractivity (Wildman–Crippen MR) is 159 cm³/mol. The molecule has 1 fully saturated rings. The first kappa shape index (κ1) is 33.7. The maximum Gasteiger partial charge on any atom is 0.416 e. The molecule has 3 atom stereocenters. The van der Waals surface area contributed by atoms with Crippen molar-refractivity contribution >= 4 is 23.4 Å². The highest BCUT2D eigenvalue weighted by Gasteiger charge is 2.40. The Morgan fingerprint density at radius 3 is 2.45 bits per heavy atom. The van der Waals surface area contributed by atoms with E-state index in [0.29, 0.717) is 9.59 Å². The SMILES string of the molecule is CC(C)(N)CNC(=O)c1nc(Cn2nc(-c3ccc(Cl)cc3)n(C[C@H](O)C(F)(F)F)c2=O)nn1-c1cnccc1C(=O)N[C@@H]1C[C@@H]1F. The van der Waals surface area contributed by atoms with E-state index in [1.807, 2.05) is 0 Å². The van der Waals surface area contributed by atoms with Crippen LogP contribution in [0.3, 0.4) is 0 Å². The third-order valence-electron chi connectivity index (χ3n) is 6.91. The van der Waals surface area contributed by atoms with Crippen LogP contribution in [0.2, 0.25) is 5.02 Å². The minimum Gasteiger partial charge on any atom is -0.382 e. The molecule has 0 unspecified atom stereocenters. The number of nitrogens with two attached hydrogens (primary N) is 1. The molecular formula is C28H29ClF4N10O4. The van der Waals surface area contributed by atoms with Crippen LogP contribution >= 0.6 is 11.6 Å². The number of amides is 2. The summed E-state index contributed by atoms with van der Waals surface area (Å²) in [5.41, 5.74) is 4.33. The van der Waals surface area contributed by atoms with Crippen LogP contribution in [-0.2, 0) is 13.1 Å². The van der Waals surface area contributed by atoms with Gasteiger partial charge in [0.15, 0.2) is 17.8 Å². The normalized spacial score (nSPS) is 17.0. The van der Waals surface area contributed by atoms with E-state index in [1.54, 1.807) is 13.8 Å². The maximum atomic E-state index is 13.5. The van der Waals surface area contributed by atoms with Crippen molar-refractivity contribution < 1.29 is 32.3 Å². The Labute approximate surface area is 268 Å². The summed E-state index contributed by atoms with van der Waals surface area (Å²) in [5.74, 6) is -2.19. The summed E-state index contributed by atoms with van der Waals surface area (Å²) in [6.07, 6.45) is -6.40. The molecule has 3 heterocycles. The maximum absolute atomic E-state index is 13.5. The summed E-state index contributed by atoms with van der Waals surface area (Å²) in [7, 11) is 0. The summed E-state index contributed by atoms with van der Waals surface area (Å²) in [6, 6.07) is 6.42. The number of aliphatic hydroxyl groups excluding tert-OH is 1. The van der Waals surface area contributed by atoms with Gasteiger partial charge in [0.2, 0.25) is 5.82 Å². The molecule has 1 saturated carbocycles. The van der Waals surface area contributed by atoms with Crippen LogP contribution in [0.1, 0.15) is 47.1 Å². The van der Waals surface area contributed by atoms with Gasteiger partial charge in [0.1, 0.15) is 12.7 Å². The fourth-order valence-electron chi connectivity index (χ4n) is 4.36. The number of nitrogens with zero attached hydrogens (tertiary/aromatic N) is 7. The fourth-order valence-corrected chi connectivity index (χ4v) is 4.49. The van der Waals surface area contributed by atoms with Gasteiger partial charge in [-0.15, -0.1) is 10.2 Å². The number of aliphatic hydroxyl groups is 1. The van der Waals surface area contributed by atoms with E-state index in [0.717, 1.165) is 9.36 Å². The molecular weight excluding hydrogens is 652 g/mol. The Balaban J connectivity index is 1.56. The van der Waals surface area contributed by atoms with Gasteiger partial charge in [-0.3, -0.25) is 19.1 Å². The number of carbonyl (C=O) groups is 2. The van der Waals surface area contributed by atoms with Crippen molar-refractivity contribution in [1.82, 2.24) is 44.7 Å². The van der Waals surface area contributed by atoms with E-state index in [1.165, 1.54) is 42.7 Å². The van der Waals surface area contributed by atoms with Gasteiger partial charge in [0.25, 0.3) is 11.8 Å². The molecule has 1 aromatic carbocycles. The molecule has 19 heteroatoms. The lowest BCUT2D eigenvalue weighted by molar-refractivity contribution is -0.207. The number of pyridine rings is 1. The average molecular weight is 681 g/mol. The van der Waals surface area contributed by atoms with Crippen molar-refractivity contribution in [2.45, 2.75) is 63.4 Å². The Hall–Kier alpha value is -4.68. The lowest BCUT2D eigenvalue weighted by Gasteiger charge is -2.18. The average Bonchev–Trinajstić information content (AvgIpc) is 3.39. The smallest absolute Gasteiger partial charge is 0.382 e. The van der Waals surface area contributed by atoms with Gasteiger partial charge in [0, 0.05) is 35.3 Å². The number of hydrogen-bond donors (Lipinski definition) is 4. The summed E-state index contributed by atoms with van der Waals surface area (Å²) >= 11 is 5.94. The zero-order chi connectivity index (χ0) is 34.3. The molecule has 250 valence electrons. The molecule has 47 heavy (non-hydrogen) atoms. The highest BCUT2D eigenvalue weighted by molar-refractivity contribution is 6.30. The molecule has 0 aliphatic heterocycles. The number of aromatic nitrogens is 7. The molecule has 5 rings (SSSR count). The Bertz CT molecular complexity index is 1850. The van der Waals surface area contributed by atoms with Crippen LogP contribution in [0.4, 0.5) is 17.6 Å². The van der Waals surface area contributed by atoms with E-state index in [-0.39, 0.29) is 47.3 Å². The van der Waals surface area contributed by atoms with E-state index >= 15 is 0 Å². The molecule has 5 N–H and O–H groups in total. The number of nitrogens with one attached hydrogen (secondary N) is 2. The van der Waals surface area contributed by atoms with Crippen LogP contribution in [0.15, 0.2) is 47.5 Å². The van der Waals surface area contributed by atoms with Gasteiger partial charge < -0.3 is 21.5 Å². The highest BCUT2D eigenvalue weighted by Crippen LogP contribution is 2.27. The second kappa shape index (κ2) is 12.8. The molecule has 0 radical (unpaired) electrons. The van der Waals surface area contributed by atoms with Crippen molar-refractivity contribution in [3.63, 3.8) is 0 Å². The molecule has 0 saturated heterocycles. The van der Waals surface area contributed by atoms with Crippen molar-refractivity contribution in [3.05, 3.63) is 75.4 Å². The zero-order valence-corrected chi connectivity index (χ0v) is 25.6. The zero-order valence-electron chi connectivity index (χ0n) is 24.9. The van der Waals surface area contributed by atoms with E-state index in [4.69, 9.17) is 17.3 Å². The van der Waals surface area contributed by atoms with Gasteiger partial charge in [-0.2, -0.15) is 13.2 Å². The van der Waals surface area contributed by atoms with Gasteiger partial charge in [-0.25, -0.2) is 23.5 Å². The van der Waals surface area contributed by atoms with Crippen LogP contribution in [0.5, 0.6) is 0 Å². The molecule has 4 aromatic rings. The van der Waals surface area contributed by atoms with Gasteiger partial charge >= 0.3 is 11.9 Å². The van der Waals surface area contributed by atoms with Crippen molar-refractivity contribution in [2.24, 2.45) is 5.73 Å². The third kappa shape index (κ3) is 7.83. The molecule has 14 nitrogen and oxygen atoms in total. The number of halogens is 5. The second-order valence-corrected chi connectivity index (χ2v) is 12.0. The largest absolute Gasteiger partial charge is 0.416 e. The summed E-state index contributed by atoms with van der Waals surface area (Å²) in [6.45, 7) is 1.63. The van der Waals surface area contributed by atoms with Crippen molar-refractivity contribution in [1.29, 1.82) is 0 Å². The Kier molecular flexibility index (Phi) is 9.20. The summed E-state index contributed by atoms with van der Waals surface area (Å²) in [5, 5.41) is 23.8. The molecule has 1 aliphatic rings. The topological polar surface area (TPSA) is 188 Å². The minimum absolute atomic E-state index is 0.00380. The molecule has 0 spiro atoms. The standard InChI is InChI=1S/C28H29ClF4N10O4/c1-27(2,34)13-36-25(46)23-38-21(39-43(23)19-10-35-8-7-16(19)24(45)37-18-9-17(18)30)12-42-26(47)41(11-20(44)28(31,32)33)22(40-42)14-3-5-15(29)6-4-14/h3-8,10,17-18,20,44H,9,11-13,34H2,1-2H3,(H,36,46)(H,37,45)/t17-,18+,20-/m0/s1. The van der Waals surface area contributed by atoms with Crippen LogP contribution in [0.25, 0.3) is 17.1 Å². The molecule has 1 aliphatic carbocycles. The molecule has 0 bridgehead atoms. The number of carbonyl (C=O) groups excluding carboxylic acids is 2. The first-order valence-electron chi connectivity index (χ1n) is 14.1. The second-order valence-electron chi connectivity index (χ2n) is 11.6. The van der Waals surface area contributed by atoms with Gasteiger partial charge in [-0.1, -0.05) is 11.6 Å². The van der Waals surface area contributed by atoms with Crippen molar-refractivity contribution in [2.75, 3.05) is 6.54 Å².